The molecule has 3 saturated carbocycles. The van der Waals surface area contributed by atoms with E-state index in [-0.39, 0.29) is 11.4 Å². The predicted octanol–water partition coefficient (Wildman–Crippen LogP) is 2.38. The summed E-state index contributed by atoms with van der Waals surface area (Å²) >= 11 is 0. The van der Waals surface area contributed by atoms with Crippen LogP contribution in [-0.2, 0) is 9.53 Å². The van der Waals surface area contributed by atoms with E-state index < -0.39 is 0 Å². The second-order valence-electron chi connectivity index (χ2n) is 5.35. The summed E-state index contributed by atoms with van der Waals surface area (Å²) in [6, 6.07) is 0. The highest BCUT2D eigenvalue weighted by molar-refractivity contribution is 5.78. The molecule has 0 aromatic carbocycles. The lowest BCUT2D eigenvalue weighted by atomic mass is 9.72. The maximum absolute atomic E-state index is 11.9. The molecule has 0 heterocycles. The third-order valence-corrected chi connectivity index (χ3v) is 5.06. The Labute approximate surface area is 85.0 Å². The van der Waals surface area contributed by atoms with Gasteiger partial charge in [-0.15, -0.1) is 0 Å². The number of methoxy groups -OCH3 is 1. The van der Waals surface area contributed by atoms with Gasteiger partial charge in [-0.05, 0) is 49.9 Å². The van der Waals surface area contributed by atoms with Gasteiger partial charge in [-0.1, -0.05) is 6.42 Å². The van der Waals surface area contributed by atoms with Crippen LogP contribution in [0.3, 0.4) is 0 Å². The zero-order valence-corrected chi connectivity index (χ0v) is 8.79. The predicted molar refractivity (Wildman–Crippen MR) is 52.6 cm³/mol. The number of carbonyl (C=O) groups excluding carboxylic acids is 1. The minimum atomic E-state index is -0.0411. The first-order valence-corrected chi connectivity index (χ1v) is 5.86. The van der Waals surface area contributed by atoms with Gasteiger partial charge in [-0.2, -0.15) is 0 Å². The first-order valence-electron chi connectivity index (χ1n) is 5.86. The summed E-state index contributed by atoms with van der Waals surface area (Å²) < 4.78 is 5.02. The fourth-order valence-electron chi connectivity index (χ4n) is 4.60. The van der Waals surface area contributed by atoms with E-state index >= 15 is 0 Å². The van der Waals surface area contributed by atoms with E-state index in [1.165, 1.54) is 25.7 Å². The van der Waals surface area contributed by atoms with Crippen LogP contribution in [0, 0.1) is 23.2 Å². The van der Waals surface area contributed by atoms with Gasteiger partial charge in [-0.25, -0.2) is 0 Å². The molecule has 0 aromatic heterocycles. The van der Waals surface area contributed by atoms with Gasteiger partial charge < -0.3 is 4.74 Å². The zero-order chi connectivity index (χ0) is 9.76. The maximum atomic E-state index is 11.9. The number of ether oxygens (including phenoxy) is 1. The van der Waals surface area contributed by atoms with E-state index in [2.05, 4.69) is 0 Å². The minimum Gasteiger partial charge on any atom is -0.469 e. The molecule has 0 spiro atoms. The zero-order valence-electron chi connectivity index (χ0n) is 8.79. The van der Waals surface area contributed by atoms with Crippen molar-refractivity contribution >= 4 is 5.97 Å². The molecule has 78 valence electrons. The van der Waals surface area contributed by atoms with E-state index in [0.29, 0.717) is 5.92 Å². The molecule has 4 atom stereocenters. The Morgan fingerprint density at radius 2 is 2.21 bits per heavy atom. The van der Waals surface area contributed by atoms with Crippen molar-refractivity contribution in [1.82, 2.24) is 0 Å². The third kappa shape index (κ3) is 0.850. The molecule has 0 amide bonds. The van der Waals surface area contributed by atoms with Crippen LogP contribution in [0.25, 0.3) is 0 Å². The fraction of sp³-hybridized carbons (Fsp3) is 0.917. The molecule has 2 nitrogen and oxygen atoms in total. The molecule has 3 fully saturated rings. The van der Waals surface area contributed by atoms with E-state index in [4.69, 9.17) is 4.74 Å². The summed E-state index contributed by atoms with van der Waals surface area (Å²) in [6.07, 6.45) is 7.49. The Balaban J connectivity index is 1.95. The smallest absolute Gasteiger partial charge is 0.312 e. The van der Waals surface area contributed by atoms with Crippen LogP contribution in [0.4, 0.5) is 0 Å². The molecule has 14 heavy (non-hydrogen) atoms. The molecule has 3 aliphatic carbocycles. The van der Waals surface area contributed by atoms with Gasteiger partial charge in [0.05, 0.1) is 12.5 Å². The second kappa shape index (κ2) is 2.74. The van der Waals surface area contributed by atoms with Crippen LogP contribution in [0.1, 0.15) is 38.5 Å². The monoisotopic (exact) mass is 194 g/mol. The van der Waals surface area contributed by atoms with Gasteiger partial charge in [-0.3, -0.25) is 4.79 Å². The fourth-order valence-corrected chi connectivity index (χ4v) is 4.60. The van der Waals surface area contributed by atoms with Crippen molar-refractivity contribution in [3.63, 3.8) is 0 Å². The highest BCUT2D eigenvalue weighted by atomic mass is 16.5. The number of fused-ring (bicyclic) bond motifs is 5. The van der Waals surface area contributed by atoms with Crippen LogP contribution in [0.5, 0.6) is 0 Å². The molecule has 0 aliphatic heterocycles. The number of carbonyl (C=O) groups is 1. The Hall–Kier alpha value is -0.530. The van der Waals surface area contributed by atoms with Crippen molar-refractivity contribution in [3.8, 4) is 0 Å². The second-order valence-corrected chi connectivity index (χ2v) is 5.35. The standard InChI is InChI=1S/C12H18O2/c1-14-11(13)12-6-5-8(7-12)9-3-2-4-10(9)12/h8-10H,2-7H2,1H3. The van der Waals surface area contributed by atoms with Crippen molar-refractivity contribution in [2.45, 2.75) is 38.5 Å². The van der Waals surface area contributed by atoms with Crippen molar-refractivity contribution in [2.75, 3.05) is 7.11 Å². The molecular weight excluding hydrogens is 176 g/mol. The number of hydrogen-bond donors (Lipinski definition) is 0. The SMILES string of the molecule is COC(=O)C12CCC(C1)C1CCCC12. The van der Waals surface area contributed by atoms with E-state index in [1.807, 2.05) is 0 Å². The van der Waals surface area contributed by atoms with Gasteiger partial charge in [0, 0.05) is 0 Å². The lowest BCUT2D eigenvalue weighted by Gasteiger charge is -2.33. The maximum Gasteiger partial charge on any atom is 0.312 e. The van der Waals surface area contributed by atoms with Crippen LogP contribution < -0.4 is 0 Å². The van der Waals surface area contributed by atoms with Crippen LogP contribution in [-0.4, -0.2) is 13.1 Å². The van der Waals surface area contributed by atoms with Gasteiger partial charge >= 0.3 is 5.97 Å². The van der Waals surface area contributed by atoms with Gasteiger partial charge in [0.15, 0.2) is 0 Å². The van der Waals surface area contributed by atoms with E-state index in [9.17, 15) is 4.79 Å². The summed E-state index contributed by atoms with van der Waals surface area (Å²) in [5, 5.41) is 0. The molecule has 0 aromatic rings. The van der Waals surface area contributed by atoms with Crippen molar-refractivity contribution in [3.05, 3.63) is 0 Å². The lowest BCUT2D eigenvalue weighted by Crippen LogP contribution is -2.36. The largest absolute Gasteiger partial charge is 0.469 e. The molecule has 0 N–H and O–H groups in total. The highest BCUT2D eigenvalue weighted by Crippen LogP contribution is 2.65. The van der Waals surface area contributed by atoms with Crippen molar-refractivity contribution in [2.24, 2.45) is 23.2 Å². The Morgan fingerprint density at radius 1 is 1.36 bits per heavy atom. The minimum absolute atomic E-state index is 0.0411. The molecule has 2 heteroatoms. The van der Waals surface area contributed by atoms with Crippen LogP contribution >= 0.6 is 0 Å². The number of hydrogen-bond acceptors (Lipinski definition) is 2. The van der Waals surface area contributed by atoms with E-state index in [1.54, 1.807) is 7.11 Å². The Morgan fingerprint density at radius 3 is 3.00 bits per heavy atom. The molecule has 0 radical (unpaired) electrons. The summed E-state index contributed by atoms with van der Waals surface area (Å²) in [6.45, 7) is 0. The molecule has 3 aliphatic rings. The molecular formula is C12H18O2. The van der Waals surface area contributed by atoms with Crippen molar-refractivity contribution < 1.29 is 9.53 Å². The van der Waals surface area contributed by atoms with Crippen LogP contribution in [0.2, 0.25) is 0 Å². The van der Waals surface area contributed by atoms with E-state index in [0.717, 1.165) is 24.7 Å². The number of rotatable bonds is 1. The first-order chi connectivity index (χ1) is 6.78. The molecule has 4 unspecified atom stereocenters. The average Bonchev–Trinajstić information content (AvgIpc) is 2.87. The van der Waals surface area contributed by atoms with Gasteiger partial charge in [0.2, 0.25) is 0 Å². The van der Waals surface area contributed by atoms with Gasteiger partial charge in [0.25, 0.3) is 0 Å². The van der Waals surface area contributed by atoms with Crippen molar-refractivity contribution in [1.29, 1.82) is 0 Å². The Bertz CT molecular complexity index is 273. The number of esters is 1. The van der Waals surface area contributed by atoms with Crippen LogP contribution in [0.15, 0.2) is 0 Å². The average molecular weight is 194 g/mol. The quantitative estimate of drug-likeness (QED) is 0.599. The summed E-state index contributed by atoms with van der Waals surface area (Å²) in [4.78, 5) is 11.9. The summed E-state index contributed by atoms with van der Waals surface area (Å²) in [5.74, 6) is 2.48. The van der Waals surface area contributed by atoms with Gasteiger partial charge in [0.1, 0.15) is 0 Å². The third-order valence-electron chi connectivity index (χ3n) is 5.06. The molecule has 2 bridgehead atoms. The Kier molecular flexibility index (Phi) is 1.71. The summed E-state index contributed by atoms with van der Waals surface area (Å²) in [7, 11) is 1.55. The first kappa shape index (κ1) is 8.75. The summed E-state index contributed by atoms with van der Waals surface area (Å²) in [5.41, 5.74) is -0.0411. The lowest BCUT2D eigenvalue weighted by molar-refractivity contribution is -0.155. The molecule has 0 saturated heterocycles. The normalized spacial score (nSPS) is 49.4. The molecule has 3 rings (SSSR count). The topological polar surface area (TPSA) is 26.3 Å². The highest BCUT2D eigenvalue weighted by Gasteiger charge is 2.62.